The largest absolute Gasteiger partial charge is 0.322 e. The number of anilines is 1. The number of nitrogens with one attached hydrogen (secondary N) is 1. The van der Waals surface area contributed by atoms with E-state index in [2.05, 4.69) is 5.32 Å². The van der Waals surface area contributed by atoms with Crippen molar-refractivity contribution in [2.45, 2.75) is 9.48 Å². The predicted octanol–water partition coefficient (Wildman–Crippen LogP) is 3.82. The van der Waals surface area contributed by atoms with Crippen LogP contribution in [0.15, 0.2) is 53.4 Å². The van der Waals surface area contributed by atoms with Gasteiger partial charge in [-0.25, -0.2) is 8.42 Å². The SMILES string of the molecule is CS(=O)(=O)c1ccc(NC(=O)c2ccc(C3SCCS3)cc2)cc1. The second kappa shape index (κ2) is 7.21. The Hall–Kier alpha value is -1.44. The normalized spacial score (nSPS) is 15.4. The summed E-state index contributed by atoms with van der Waals surface area (Å²) in [6.45, 7) is 0. The number of hydrogen-bond donors (Lipinski definition) is 1. The van der Waals surface area contributed by atoms with Gasteiger partial charge in [-0.15, -0.1) is 23.5 Å². The summed E-state index contributed by atoms with van der Waals surface area (Å²) in [6, 6.07) is 13.8. The van der Waals surface area contributed by atoms with Crippen LogP contribution in [0.4, 0.5) is 5.69 Å². The van der Waals surface area contributed by atoms with Crippen LogP contribution in [0.2, 0.25) is 0 Å². The summed E-state index contributed by atoms with van der Waals surface area (Å²) in [4.78, 5) is 12.5. The first-order chi connectivity index (χ1) is 11.4. The second-order valence-corrected chi connectivity index (χ2v) is 10.2. The zero-order valence-corrected chi connectivity index (χ0v) is 15.5. The molecule has 0 aliphatic carbocycles. The lowest BCUT2D eigenvalue weighted by Crippen LogP contribution is -2.12. The number of hydrogen-bond acceptors (Lipinski definition) is 5. The van der Waals surface area contributed by atoms with Gasteiger partial charge in [0.25, 0.3) is 5.91 Å². The molecule has 1 aliphatic heterocycles. The summed E-state index contributed by atoms with van der Waals surface area (Å²) in [6.07, 6.45) is 1.16. The van der Waals surface area contributed by atoms with E-state index in [-0.39, 0.29) is 10.8 Å². The van der Waals surface area contributed by atoms with E-state index < -0.39 is 9.84 Å². The van der Waals surface area contributed by atoms with Crippen LogP contribution in [0.5, 0.6) is 0 Å². The van der Waals surface area contributed by atoms with Crippen molar-refractivity contribution in [2.75, 3.05) is 23.1 Å². The van der Waals surface area contributed by atoms with Crippen molar-refractivity contribution in [2.24, 2.45) is 0 Å². The Labute approximate surface area is 150 Å². The highest BCUT2D eigenvalue weighted by Gasteiger charge is 2.18. The number of carbonyl (C=O) groups excluding carboxylic acids is 1. The third-order valence-electron chi connectivity index (χ3n) is 3.61. The van der Waals surface area contributed by atoms with Gasteiger partial charge in [-0.1, -0.05) is 12.1 Å². The van der Waals surface area contributed by atoms with E-state index in [9.17, 15) is 13.2 Å². The standard InChI is InChI=1S/C17H17NO3S3/c1-24(20,21)15-8-6-14(7-9-15)18-16(19)12-2-4-13(5-3-12)17-22-10-11-23-17/h2-9,17H,10-11H2,1H3,(H,18,19). The Balaban J connectivity index is 1.68. The molecule has 2 aromatic carbocycles. The molecule has 1 amide bonds. The highest BCUT2D eigenvalue weighted by atomic mass is 32.2. The summed E-state index contributed by atoms with van der Waals surface area (Å²) >= 11 is 3.86. The van der Waals surface area contributed by atoms with Crippen LogP contribution in [0.25, 0.3) is 0 Å². The van der Waals surface area contributed by atoms with Crippen LogP contribution in [-0.4, -0.2) is 32.1 Å². The molecule has 1 aliphatic rings. The number of thioether (sulfide) groups is 2. The molecule has 24 heavy (non-hydrogen) atoms. The van der Waals surface area contributed by atoms with Crippen LogP contribution >= 0.6 is 23.5 Å². The Kier molecular flexibility index (Phi) is 5.22. The lowest BCUT2D eigenvalue weighted by molar-refractivity contribution is 0.102. The molecular formula is C17H17NO3S3. The number of benzene rings is 2. The summed E-state index contributed by atoms with van der Waals surface area (Å²) in [7, 11) is -3.23. The molecule has 1 heterocycles. The maximum Gasteiger partial charge on any atom is 0.255 e. The van der Waals surface area contributed by atoms with Crippen LogP contribution in [-0.2, 0) is 9.84 Å². The first-order valence-corrected chi connectivity index (χ1v) is 11.4. The topological polar surface area (TPSA) is 63.2 Å². The molecule has 0 unspecified atom stereocenters. The molecule has 0 spiro atoms. The van der Waals surface area contributed by atoms with Crippen LogP contribution in [0.1, 0.15) is 20.5 Å². The van der Waals surface area contributed by atoms with E-state index in [1.807, 2.05) is 47.8 Å². The van der Waals surface area contributed by atoms with E-state index in [1.54, 1.807) is 12.1 Å². The Bertz CT molecular complexity index is 824. The molecule has 0 saturated carbocycles. The molecule has 4 nitrogen and oxygen atoms in total. The van der Waals surface area contributed by atoms with E-state index in [0.717, 1.165) is 6.26 Å². The maximum atomic E-state index is 12.3. The maximum absolute atomic E-state index is 12.3. The van der Waals surface area contributed by atoms with Crippen molar-refractivity contribution < 1.29 is 13.2 Å². The highest BCUT2D eigenvalue weighted by Crippen LogP contribution is 2.45. The molecule has 3 rings (SSSR count). The molecule has 1 saturated heterocycles. The smallest absolute Gasteiger partial charge is 0.255 e. The highest BCUT2D eigenvalue weighted by molar-refractivity contribution is 8.19. The van der Waals surface area contributed by atoms with E-state index in [4.69, 9.17) is 0 Å². The van der Waals surface area contributed by atoms with E-state index >= 15 is 0 Å². The minimum Gasteiger partial charge on any atom is -0.322 e. The van der Waals surface area contributed by atoms with Gasteiger partial charge in [0.1, 0.15) is 0 Å². The van der Waals surface area contributed by atoms with Crippen molar-refractivity contribution in [3.8, 4) is 0 Å². The first kappa shape index (κ1) is 17.4. The molecule has 1 N–H and O–H groups in total. The van der Waals surface area contributed by atoms with Gasteiger partial charge < -0.3 is 5.32 Å². The molecule has 0 bridgehead atoms. The summed E-state index contributed by atoms with van der Waals surface area (Å²) in [5.74, 6) is 2.13. The first-order valence-electron chi connectivity index (χ1n) is 7.38. The van der Waals surface area contributed by atoms with E-state index in [0.29, 0.717) is 15.8 Å². The molecule has 0 radical (unpaired) electrons. The minimum absolute atomic E-state index is 0.208. The van der Waals surface area contributed by atoms with Crippen molar-refractivity contribution >= 4 is 45.0 Å². The molecule has 2 aromatic rings. The fourth-order valence-corrected chi connectivity index (χ4v) is 5.82. The minimum atomic E-state index is -3.23. The van der Waals surface area contributed by atoms with Gasteiger partial charge in [0.15, 0.2) is 9.84 Å². The number of rotatable bonds is 4. The number of carbonyl (C=O) groups is 1. The Morgan fingerprint density at radius 2 is 1.58 bits per heavy atom. The monoisotopic (exact) mass is 379 g/mol. The fourth-order valence-electron chi connectivity index (χ4n) is 2.33. The second-order valence-electron chi connectivity index (χ2n) is 5.45. The lowest BCUT2D eigenvalue weighted by Gasteiger charge is -2.10. The molecule has 1 fully saturated rings. The summed E-state index contributed by atoms with van der Waals surface area (Å²) in [5, 5.41) is 2.78. The van der Waals surface area contributed by atoms with Gasteiger partial charge in [-0.05, 0) is 42.0 Å². The number of sulfone groups is 1. The van der Waals surface area contributed by atoms with E-state index in [1.165, 1.54) is 29.2 Å². The molecule has 126 valence electrons. The third-order valence-corrected chi connectivity index (χ3v) is 7.84. The zero-order chi connectivity index (χ0) is 17.2. The third kappa shape index (κ3) is 4.15. The molecule has 7 heteroatoms. The van der Waals surface area contributed by atoms with Gasteiger partial charge in [0.05, 0.1) is 9.48 Å². The fraction of sp³-hybridized carbons (Fsp3) is 0.235. The van der Waals surface area contributed by atoms with Crippen LogP contribution in [0.3, 0.4) is 0 Å². The van der Waals surface area contributed by atoms with Gasteiger partial charge in [0, 0.05) is 29.0 Å². The van der Waals surface area contributed by atoms with Crippen molar-refractivity contribution in [1.82, 2.24) is 0 Å². The van der Waals surface area contributed by atoms with Gasteiger partial charge in [0.2, 0.25) is 0 Å². The van der Waals surface area contributed by atoms with Crippen LogP contribution in [0, 0.1) is 0 Å². The predicted molar refractivity (Wildman–Crippen MR) is 102 cm³/mol. The quantitative estimate of drug-likeness (QED) is 0.875. The molecule has 0 atom stereocenters. The van der Waals surface area contributed by atoms with Crippen molar-refractivity contribution in [1.29, 1.82) is 0 Å². The van der Waals surface area contributed by atoms with Gasteiger partial charge >= 0.3 is 0 Å². The molecular weight excluding hydrogens is 362 g/mol. The lowest BCUT2D eigenvalue weighted by atomic mass is 10.1. The average molecular weight is 380 g/mol. The Morgan fingerprint density at radius 1 is 1.00 bits per heavy atom. The number of amides is 1. The summed E-state index contributed by atoms with van der Waals surface area (Å²) in [5.41, 5.74) is 2.38. The average Bonchev–Trinajstić information content (AvgIpc) is 3.09. The summed E-state index contributed by atoms with van der Waals surface area (Å²) < 4.78 is 23.3. The van der Waals surface area contributed by atoms with Crippen molar-refractivity contribution in [3.05, 3.63) is 59.7 Å². The van der Waals surface area contributed by atoms with Gasteiger partial charge in [-0.2, -0.15) is 0 Å². The van der Waals surface area contributed by atoms with Crippen LogP contribution < -0.4 is 5.32 Å². The van der Waals surface area contributed by atoms with Gasteiger partial charge in [-0.3, -0.25) is 4.79 Å². The Morgan fingerprint density at radius 3 is 2.12 bits per heavy atom. The molecule has 0 aromatic heterocycles. The van der Waals surface area contributed by atoms with Crippen molar-refractivity contribution in [3.63, 3.8) is 0 Å². The zero-order valence-electron chi connectivity index (χ0n) is 13.1.